The van der Waals surface area contributed by atoms with Gasteiger partial charge in [0, 0.05) is 0 Å². The number of aryl methyl sites for hydroxylation is 1. The summed E-state index contributed by atoms with van der Waals surface area (Å²) in [7, 11) is 0. The Balaban J connectivity index is 1.96. The van der Waals surface area contributed by atoms with Crippen molar-refractivity contribution in [2.45, 2.75) is 39.2 Å². The number of hydrogen-bond acceptors (Lipinski definition) is 2. The Morgan fingerprint density at radius 3 is 2.48 bits per heavy atom. The quantitative estimate of drug-likeness (QED) is 0.771. The molecular formula is C20H21NO2. The van der Waals surface area contributed by atoms with Gasteiger partial charge in [-0.15, -0.1) is 0 Å². The Labute approximate surface area is 136 Å². The summed E-state index contributed by atoms with van der Waals surface area (Å²) in [5, 5.41) is 0. The molecule has 0 radical (unpaired) electrons. The van der Waals surface area contributed by atoms with Crippen LogP contribution in [0.5, 0.6) is 0 Å². The van der Waals surface area contributed by atoms with E-state index in [2.05, 4.69) is 6.92 Å². The molecule has 1 aliphatic rings. The van der Waals surface area contributed by atoms with Crippen LogP contribution >= 0.6 is 0 Å². The number of unbranched alkanes of at least 4 members (excludes halogenated alkanes) is 1. The van der Waals surface area contributed by atoms with Crippen molar-refractivity contribution in [3.8, 4) is 0 Å². The zero-order valence-corrected chi connectivity index (χ0v) is 13.6. The lowest BCUT2D eigenvalue weighted by atomic mass is 10.0. The van der Waals surface area contributed by atoms with Crippen molar-refractivity contribution >= 4 is 17.4 Å². The van der Waals surface area contributed by atoms with E-state index in [1.165, 1.54) is 0 Å². The lowest BCUT2D eigenvalue weighted by molar-refractivity contribution is -0.114. The predicted octanol–water partition coefficient (Wildman–Crippen LogP) is 4.32. The van der Waals surface area contributed by atoms with Crippen molar-refractivity contribution < 1.29 is 9.59 Å². The molecule has 1 unspecified atom stereocenters. The van der Waals surface area contributed by atoms with Crippen molar-refractivity contribution in [2.24, 2.45) is 0 Å². The lowest BCUT2D eigenvalue weighted by Gasteiger charge is -2.25. The maximum atomic E-state index is 12.5. The molecule has 118 valence electrons. The molecule has 23 heavy (non-hydrogen) atoms. The summed E-state index contributed by atoms with van der Waals surface area (Å²) in [4.78, 5) is 26.5. The zero-order chi connectivity index (χ0) is 16.4. The van der Waals surface area contributed by atoms with Crippen molar-refractivity contribution in [3.63, 3.8) is 0 Å². The van der Waals surface area contributed by atoms with Crippen molar-refractivity contribution in [3.05, 3.63) is 65.2 Å². The highest BCUT2D eigenvalue weighted by Crippen LogP contribution is 2.36. The van der Waals surface area contributed by atoms with Gasteiger partial charge in [-0.3, -0.25) is 14.5 Å². The van der Waals surface area contributed by atoms with Crippen molar-refractivity contribution in [1.82, 2.24) is 0 Å². The summed E-state index contributed by atoms with van der Waals surface area (Å²) in [6.07, 6.45) is 3.14. The number of anilines is 1. The van der Waals surface area contributed by atoms with Crippen LogP contribution in [0.25, 0.3) is 0 Å². The molecule has 3 rings (SSSR count). The molecule has 2 aromatic rings. The summed E-state index contributed by atoms with van der Waals surface area (Å²) < 4.78 is 0. The fourth-order valence-electron chi connectivity index (χ4n) is 3.11. The van der Waals surface area contributed by atoms with Crippen LogP contribution in [0.15, 0.2) is 48.5 Å². The topological polar surface area (TPSA) is 37.4 Å². The number of amides is 1. The standard InChI is InChI=1S/C20H21NO2/c1-3-4-8-15-11-12-18-17(13-15)19(22)20(23)21(18)14(2)16-9-6-5-7-10-16/h5-7,9-14H,3-4,8H2,1-2H3. The second-order valence-corrected chi connectivity index (χ2v) is 6.05. The molecule has 2 aromatic carbocycles. The van der Waals surface area contributed by atoms with Gasteiger partial charge in [0.25, 0.3) is 11.7 Å². The van der Waals surface area contributed by atoms with E-state index in [0.717, 1.165) is 36.1 Å². The van der Waals surface area contributed by atoms with Crippen LogP contribution in [-0.4, -0.2) is 11.7 Å². The number of benzene rings is 2. The molecule has 0 fully saturated rings. The number of ketones is 1. The fraction of sp³-hybridized carbons (Fsp3) is 0.300. The van der Waals surface area contributed by atoms with Gasteiger partial charge in [0.2, 0.25) is 0 Å². The average molecular weight is 307 g/mol. The Morgan fingerprint density at radius 2 is 1.78 bits per heavy atom. The minimum Gasteiger partial charge on any atom is -0.298 e. The first-order valence-electron chi connectivity index (χ1n) is 8.19. The smallest absolute Gasteiger partial charge is 0.298 e. The molecule has 1 amide bonds. The minimum atomic E-state index is -0.427. The molecule has 1 aliphatic heterocycles. The molecule has 3 heteroatoms. The highest BCUT2D eigenvalue weighted by molar-refractivity contribution is 6.52. The van der Waals surface area contributed by atoms with Crippen LogP contribution in [0.1, 0.15) is 54.2 Å². The predicted molar refractivity (Wildman–Crippen MR) is 91.7 cm³/mol. The summed E-state index contributed by atoms with van der Waals surface area (Å²) in [6, 6.07) is 15.5. The van der Waals surface area contributed by atoms with Gasteiger partial charge in [-0.25, -0.2) is 0 Å². The van der Waals surface area contributed by atoms with Gasteiger partial charge in [-0.05, 0) is 43.0 Å². The number of rotatable bonds is 5. The van der Waals surface area contributed by atoms with E-state index in [9.17, 15) is 9.59 Å². The van der Waals surface area contributed by atoms with E-state index < -0.39 is 5.91 Å². The summed E-state index contributed by atoms with van der Waals surface area (Å²) >= 11 is 0. The van der Waals surface area contributed by atoms with Crippen LogP contribution in [0.4, 0.5) is 5.69 Å². The Kier molecular flexibility index (Phi) is 4.28. The van der Waals surface area contributed by atoms with E-state index in [4.69, 9.17) is 0 Å². The normalized spacial score (nSPS) is 15.0. The van der Waals surface area contributed by atoms with Gasteiger partial charge in [-0.1, -0.05) is 49.7 Å². The first kappa shape index (κ1) is 15.5. The molecule has 1 atom stereocenters. The van der Waals surface area contributed by atoms with E-state index in [0.29, 0.717) is 5.56 Å². The van der Waals surface area contributed by atoms with Crippen LogP contribution < -0.4 is 4.90 Å². The van der Waals surface area contributed by atoms with Gasteiger partial charge >= 0.3 is 0 Å². The first-order chi connectivity index (χ1) is 11.1. The van der Waals surface area contributed by atoms with E-state index in [1.54, 1.807) is 4.90 Å². The zero-order valence-electron chi connectivity index (χ0n) is 13.6. The molecular weight excluding hydrogens is 286 g/mol. The number of nitrogens with zero attached hydrogens (tertiary/aromatic N) is 1. The van der Waals surface area contributed by atoms with Crippen LogP contribution in [0.3, 0.4) is 0 Å². The molecule has 0 saturated heterocycles. The van der Waals surface area contributed by atoms with Gasteiger partial charge < -0.3 is 0 Å². The van der Waals surface area contributed by atoms with Crippen LogP contribution in [0.2, 0.25) is 0 Å². The average Bonchev–Trinajstić information content (AvgIpc) is 2.84. The van der Waals surface area contributed by atoms with Crippen LogP contribution in [0, 0.1) is 0 Å². The third-order valence-electron chi connectivity index (χ3n) is 4.47. The second-order valence-electron chi connectivity index (χ2n) is 6.05. The van der Waals surface area contributed by atoms with Gasteiger partial charge in [0.1, 0.15) is 0 Å². The Bertz CT molecular complexity index is 737. The van der Waals surface area contributed by atoms with Gasteiger partial charge in [0.15, 0.2) is 0 Å². The number of carbonyl (C=O) groups excluding carboxylic acids is 2. The van der Waals surface area contributed by atoms with E-state index in [-0.39, 0.29) is 11.8 Å². The third kappa shape index (κ3) is 2.79. The van der Waals surface area contributed by atoms with Gasteiger partial charge in [-0.2, -0.15) is 0 Å². The summed E-state index contributed by atoms with van der Waals surface area (Å²) in [6.45, 7) is 4.10. The van der Waals surface area contributed by atoms with E-state index in [1.807, 2.05) is 55.5 Å². The summed E-state index contributed by atoms with van der Waals surface area (Å²) in [5.74, 6) is -0.815. The van der Waals surface area contributed by atoms with Crippen molar-refractivity contribution in [2.75, 3.05) is 4.90 Å². The molecule has 0 saturated carbocycles. The highest BCUT2D eigenvalue weighted by atomic mass is 16.2. The minimum absolute atomic E-state index is 0.157. The molecule has 0 bridgehead atoms. The maximum absolute atomic E-state index is 12.5. The maximum Gasteiger partial charge on any atom is 0.300 e. The number of Topliss-reactive ketones (excluding diaryl/α,β-unsaturated/α-hetero) is 1. The Morgan fingerprint density at radius 1 is 1.04 bits per heavy atom. The summed E-state index contributed by atoms with van der Waals surface area (Å²) in [5.41, 5.74) is 3.43. The molecule has 0 aliphatic carbocycles. The number of hydrogen-bond donors (Lipinski definition) is 0. The monoisotopic (exact) mass is 307 g/mol. The molecule has 3 nitrogen and oxygen atoms in total. The largest absolute Gasteiger partial charge is 0.300 e. The SMILES string of the molecule is CCCCc1ccc2c(c1)C(=O)C(=O)N2C(C)c1ccccc1. The fourth-order valence-corrected chi connectivity index (χ4v) is 3.11. The number of carbonyl (C=O) groups is 2. The first-order valence-corrected chi connectivity index (χ1v) is 8.19. The molecule has 0 aromatic heterocycles. The van der Waals surface area contributed by atoms with E-state index >= 15 is 0 Å². The lowest BCUT2D eigenvalue weighted by Crippen LogP contribution is -2.32. The van der Waals surface area contributed by atoms with Crippen molar-refractivity contribution in [1.29, 1.82) is 0 Å². The highest BCUT2D eigenvalue weighted by Gasteiger charge is 2.38. The third-order valence-corrected chi connectivity index (χ3v) is 4.47. The molecule has 0 N–H and O–H groups in total. The molecule has 1 heterocycles. The van der Waals surface area contributed by atoms with Gasteiger partial charge in [0.05, 0.1) is 17.3 Å². The second kappa shape index (κ2) is 6.37. The van der Waals surface area contributed by atoms with Crippen LogP contribution in [-0.2, 0) is 11.2 Å². The molecule has 0 spiro atoms. The number of fused-ring (bicyclic) bond motifs is 1. The Hall–Kier alpha value is -2.42.